The molecule has 2 aromatic carbocycles. The van der Waals surface area contributed by atoms with Gasteiger partial charge >= 0.3 is 0 Å². The molecule has 3 rings (SSSR count). The van der Waals surface area contributed by atoms with Crippen LogP contribution >= 0.6 is 11.6 Å². The van der Waals surface area contributed by atoms with Crippen molar-refractivity contribution in [1.82, 2.24) is 4.90 Å². The highest BCUT2D eigenvalue weighted by Gasteiger charge is 2.18. The van der Waals surface area contributed by atoms with Crippen LogP contribution in [-0.4, -0.2) is 31.7 Å². The minimum absolute atomic E-state index is 0.114. The molecule has 1 aliphatic rings. The summed E-state index contributed by atoms with van der Waals surface area (Å²) in [6.07, 6.45) is 1.12. The van der Waals surface area contributed by atoms with Crippen LogP contribution in [0.15, 0.2) is 42.5 Å². The number of hydrogen-bond donors (Lipinski definition) is 0. The van der Waals surface area contributed by atoms with Gasteiger partial charge in [0, 0.05) is 30.8 Å². The van der Waals surface area contributed by atoms with Crippen molar-refractivity contribution < 1.29 is 13.9 Å². The molecule has 1 fully saturated rings. The zero-order valence-corrected chi connectivity index (χ0v) is 15.1. The predicted molar refractivity (Wildman–Crippen MR) is 97.4 cm³/mol. The minimum atomic E-state index is -0.344. The molecule has 0 aliphatic carbocycles. The van der Waals surface area contributed by atoms with Gasteiger partial charge in [-0.15, -0.1) is 0 Å². The standard InChI is InChI=1S/C20H23ClFNO2/c1-23(11-15-9-10-24-13-15)12-16-5-2-3-8-20(16)25-14-17-18(21)6-4-7-19(17)22/h2-8,15H,9-14H2,1H3. The smallest absolute Gasteiger partial charge is 0.131 e. The molecule has 3 nitrogen and oxygen atoms in total. The Hall–Kier alpha value is -1.62. The molecule has 0 N–H and O–H groups in total. The van der Waals surface area contributed by atoms with Gasteiger partial charge in [0.1, 0.15) is 18.2 Å². The van der Waals surface area contributed by atoms with Gasteiger partial charge in [-0.25, -0.2) is 4.39 Å². The highest BCUT2D eigenvalue weighted by molar-refractivity contribution is 6.31. The molecular weight excluding hydrogens is 341 g/mol. The first kappa shape index (κ1) is 18.2. The van der Waals surface area contributed by atoms with Gasteiger partial charge in [-0.1, -0.05) is 35.9 Å². The Bertz CT molecular complexity index is 684. The van der Waals surface area contributed by atoms with Gasteiger partial charge < -0.3 is 14.4 Å². The van der Waals surface area contributed by atoms with E-state index in [1.165, 1.54) is 6.07 Å². The highest BCUT2D eigenvalue weighted by Crippen LogP contribution is 2.25. The lowest BCUT2D eigenvalue weighted by Gasteiger charge is -2.21. The second kappa shape index (κ2) is 8.65. The van der Waals surface area contributed by atoms with E-state index in [2.05, 4.69) is 11.9 Å². The summed E-state index contributed by atoms with van der Waals surface area (Å²) in [5.74, 6) is 1.01. The van der Waals surface area contributed by atoms with E-state index in [0.717, 1.165) is 44.0 Å². The van der Waals surface area contributed by atoms with Gasteiger partial charge in [-0.3, -0.25) is 0 Å². The summed E-state index contributed by atoms with van der Waals surface area (Å²) in [4.78, 5) is 2.28. The van der Waals surface area contributed by atoms with E-state index in [4.69, 9.17) is 21.1 Å². The zero-order valence-electron chi connectivity index (χ0n) is 14.4. The van der Waals surface area contributed by atoms with Crippen LogP contribution in [0.5, 0.6) is 5.75 Å². The fourth-order valence-electron chi connectivity index (χ4n) is 3.12. The summed E-state index contributed by atoms with van der Waals surface area (Å²) < 4.78 is 25.2. The van der Waals surface area contributed by atoms with Crippen molar-refractivity contribution in [1.29, 1.82) is 0 Å². The van der Waals surface area contributed by atoms with E-state index in [0.29, 0.717) is 16.5 Å². The summed E-state index contributed by atoms with van der Waals surface area (Å²) in [6, 6.07) is 12.5. The maximum Gasteiger partial charge on any atom is 0.131 e. The minimum Gasteiger partial charge on any atom is -0.488 e. The molecule has 1 unspecified atom stereocenters. The van der Waals surface area contributed by atoms with Crippen LogP contribution < -0.4 is 4.74 Å². The second-order valence-corrected chi connectivity index (χ2v) is 6.93. The van der Waals surface area contributed by atoms with Crippen LogP contribution in [0.2, 0.25) is 5.02 Å². The van der Waals surface area contributed by atoms with Crippen molar-refractivity contribution in [3.05, 3.63) is 64.4 Å². The molecule has 0 amide bonds. The van der Waals surface area contributed by atoms with Crippen molar-refractivity contribution >= 4 is 11.6 Å². The predicted octanol–water partition coefficient (Wildman–Crippen LogP) is 4.53. The summed E-state index contributed by atoms with van der Waals surface area (Å²) >= 11 is 6.07. The first-order valence-corrected chi connectivity index (χ1v) is 8.91. The average molecular weight is 364 g/mol. The maximum absolute atomic E-state index is 13.9. The number of ether oxygens (including phenoxy) is 2. The third-order valence-corrected chi connectivity index (χ3v) is 4.79. The first-order valence-electron chi connectivity index (χ1n) is 8.53. The molecule has 25 heavy (non-hydrogen) atoms. The van der Waals surface area contributed by atoms with E-state index < -0.39 is 0 Å². The lowest BCUT2D eigenvalue weighted by molar-refractivity contribution is 0.172. The molecule has 134 valence electrons. The molecular formula is C20H23ClFNO2. The third kappa shape index (κ3) is 4.94. The van der Waals surface area contributed by atoms with Crippen molar-refractivity contribution in [3.8, 4) is 5.75 Å². The fraction of sp³-hybridized carbons (Fsp3) is 0.400. The number of rotatable bonds is 7. The molecule has 0 spiro atoms. The number of nitrogens with zero attached hydrogens (tertiary/aromatic N) is 1. The van der Waals surface area contributed by atoms with Crippen LogP contribution in [-0.2, 0) is 17.9 Å². The molecule has 1 saturated heterocycles. The molecule has 5 heteroatoms. The SMILES string of the molecule is CN(Cc1ccccc1OCc1c(F)cccc1Cl)CC1CCOC1. The van der Waals surface area contributed by atoms with Crippen molar-refractivity contribution in [2.24, 2.45) is 5.92 Å². The Kier molecular flexibility index (Phi) is 6.29. The topological polar surface area (TPSA) is 21.7 Å². The first-order chi connectivity index (χ1) is 12.1. The monoisotopic (exact) mass is 363 g/mol. The molecule has 1 aliphatic heterocycles. The van der Waals surface area contributed by atoms with Gasteiger partial charge in [-0.2, -0.15) is 0 Å². The van der Waals surface area contributed by atoms with E-state index in [1.54, 1.807) is 12.1 Å². The normalized spacial score (nSPS) is 17.2. The van der Waals surface area contributed by atoms with Crippen LogP contribution in [0.3, 0.4) is 0 Å². The molecule has 1 atom stereocenters. The van der Waals surface area contributed by atoms with Crippen LogP contribution in [0.4, 0.5) is 4.39 Å². The van der Waals surface area contributed by atoms with Crippen molar-refractivity contribution in [3.63, 3.8) is 0 Å². The largest absolute Gasteiger partial charge is 0.488 e. The zero-order chi connectivity index (χ0) is 17.6. The third-order valence-electron chi connectivity index (χ3n) is 4.44. The van der Waals surface area contributed by atoms with E-state index in [-0.39, 0.29) is 12.4 Å². The summed E-state index contributed by atoms with van der Waals surface area (Å²) in [6.45, 7) is 3.59. The van der Waals surface area contributed by atoms with Crippen LogP contribution in [0.1, 0.15) is 17.5 Å². The summed E-state index contributed by atoms with van der Waals surface area (Å²) in [5.41, 5.74) is 1.46. The van der Waals surface area contributed by atoms with Gasteiger partial charge in [0.05, 0.1) is 11.6 Å². The highest BCUT2D eigenvalue weighted by atomic mass is 35.5. The van der Waals surface area contributed by atoms with E-state index >= 15 is 0 Å². The Morgan fingerprint density at radius 1 is 1.24 bits per heavy atom. The Morgan fingerprint density at radius 2 is 2.08 bits per heavy atom. The second-order valence-electron chi connectivity index (χ2n) is 6.52. The van der Waals surface area contributed by atoms with E-state index in [1.807, 2.05) is 24.3 Å². The van der Waals surface area contributed by atoms with Crippen molar-refractivity contribution in [2.75, 3.05) is 26.8 Å². The summed E-state index contributed by atoms with van der Waals surface area (Å²) in [7, 11) is 2.10. The maximum atomic E-state index is 13.9. The van der Waals surface area contributed by atoms with Gasteiger partial charge in [0.15, 0.2) is 0 Å². The van der Waals surface area contributed by atoms with Crippen LogP contribution in [0.25, 0.3) is 0 Å². The van der Waals surface area contributed by atoms with E-state index in [9.17, 15) is 4.39 Å². The fourth-order valence-corrected chi connectivity index (χ4v) is 3.34. The molecule has 1 heterocycles. The number of benzene rings is 2. The lowest BCUT2D eigenvalue weighted by Crippen LogP contribution is -2.25. The number of halogens is 2. The Morgan fingerprint density at radius 3 is 2.84 bits per heavy atom. The van der Waals surface area contributed by atoms with Crippen LogP contribution in [0, 0.1) is 11.7 Å². The summed E-state index contributed by atoms with van der Waals surface area (Å²) in [5, 5.41) is 0.385. The number of hydrogen-bond acceptors (Lipinski definition) is 3. The molecule has 0 aromatic heterocycles. The quantitative estimate of drug-likeness (QED) is 0.721. The number of para-hydroxylation sites is 1. The van der Waals surface area contributed by atoms with Gasteiger partial charge in [0.25, 0.3) is 0 Å². The van der Waals surface area contributed by atoms with Crippen molar-refractivity contribution in [2.45, 2.75) is 19.6 Å². The average Bonchev–Trinajstić information content (AvgIpc) is 3.08. The van der Waals surface area contributed by atoms with Gasteiger partial charge in [0.2, 0.25) is 0 Å². The Labute approximate surface area is 153 Å². The molecule has 0 radical (unpaired) electrons. The molecule has 0 saturated carbocycles. The lowest BCUT2D eigenvalue weighted by atomic mass is 10.1. The molecule has 0 bridgehead atoms. The Balaban J connectivity index is 1.64. The van der Waals surface area contributed by atoms with Gasteiger partial charge in [-0.05, 0) is 37.6 Å². The molecule has 2 aromatic rings.